The second-order valence-corrected chi connectivity index (χ2v) is 5.40. The lowest BCUT2D eigenvalue weighted by atomic mass is 9.81. The summed E-state index contributed by atoms with van der Waals surface area (Å²) < 4.78 is 6.08. The largest absolute Gasteiger partial charge is 0.377 e. The number of rotatable bonds is 9. The second-order valence-electron chi connectivity index (χ2n) is 5.40. The first-order valence-corrected chi connectivity index (χ1v) is 7.79. The van der Waals surface area contributed by atoms with E-state index in [4.69, 9.17) is 4.74 Å². The molecular formula is C16H31NO. The van der Waals surface area contributed by atoms with Crippen molar-refractivity contribution >= 4 is 0 Å². The minimum atomic E-state index is 0.375. The summed E-state index contributed by atoms with van der Waals surface area (Å²) in [6, 6.07) is 0.450. The molecule has 1 aliphatic rings. The SMILES string of the molecule is C=CCC(NCCC)C(OCC)C1CCCCC1. The molecule has 1 fully saturated rings. The smallest absolute Gasteiger partial charge is 0.0758 e. The topological polar surface area (TPSA) is 21.3 Å². The predicted molar refractivity (Wildman–Crippen MR) is 78.9 cm³/mol. The van der Waals surface area contributed by atoms with Gasteiger partial charge >= 0.3 is 0 Å². The van der Waals surface area contributed by atoms with Crippen LogP contribution in [0.15, 0.2) is 12.7 Å². The lowest BCUT2D eigenvalue weighted by Gasteiger charge is -2.35. The zero-order valence-corrected chi connectivity index (χ0v) is 12.3. The quantitative estimate of drug-likeness (QED) is 0.629. The first-order valence-electron chi connectivity index (χ1n) is 7.79. The summed E-state index contributed by atoms with van der Waals surface area (Å²) in [4.78, 5) is 0. The second kappa shape index (κ2) is 9.57. The molecule has 2 unspecified atom stereocenters. The third kappa shape index (κ3) is 5.11. The van der Waals surface area contributed by atoms with Crippen LogP contribution in [0.2, 0.25) is 0 Å². The standard InChI is InChI=1S/C16H31NO/c1-4-10-15(17-13-5-2)16(18-6-3)14-11-8-7-9-12-14/h4,14-17H,1,5-13H2,2-3H3. The minimum Gasteiger partial charge on any atom is -0.377 e. The summed E-state index contributed by atoms with van der Waals surface area (Å²) >= 11 is 0. The third-order valence-electron chi connectivity index (χ3n) is 3.95. The Kier molecular flexibility index (Phi) is 8.36. The van der Waals surface area contributed by atoms with Crippen LogP contribution in [0.5, 0.6) is 0 Å². The number of ether oxygens (including phenoxy) is 1. The molecule has 2 atom stereocenters. The van der Waals surface area contributed by atoms with E-state index in [0.717, 1.165) is 25.5 Å². The van der Waals surface area contributed by atoms with Crippen molar-refractivity contribution in [3.63, 3.8) is 0 Å². The fourth-order valence-corrected chi connectivity index (χ4v) is 3.08. The van der Waals surface area contributed by atoms with Gasteiger partial charge in [-0.2, -0.15) is 0 Å². The van der Waals surface area contributed by atoms with Crippen molar-refractivity contribution in [2.45, 2.75) is 70.9 Å². The fourth-order valence-electron chi connectivity index (χ4n) is 3.08. The van der Waals surface area contributed by atoms with Gasteiger partial charge in [-0.15, -0.1) is 6.58 Å². The lowest BCUT2D eigenvalue weighted by molar-refractivity contribution is -0.0168. The zero-order chi connectivity index (χ0) is 13.2. The Balaban J connectivity index is 2.60. The molecular weight excluding hydrogens is 222 g/mol. The number of nitrogens with one attached hydrogen (secondary N) is 1. The van der Waals surface area contributed by atoms with E-state index < -0.39 is 0 Å². The van der Waals surface area contributed by atoms with E-state index in [2.05, 4.69) is 25.7 Å². The Morgan fingerprint density at radius 1 is 1.28 bits per heavy atom. The molecule has 106 valence electrons. The van der Waals surface area contributed by atoms with Crippen molar-refractivity contribution in [2.75, 3.05) is 13.2 Å². The summed E-state index contributed by atoms with van der Waals surface area (Å²) in [6.07, 6.45) is 11.4. The molecule has 2 nitrogen and oxygen atoms in total. The van der Waals surface area contributed by atoms with Crippen LogP contribution in [0, 0.1) is 5.92 Å². The van der Waals surface area contributed by atoms with Gasteiger partial charge in [0.15, 0.2) is 0 Å². The van der Waals surface area contributed by atoms with Crippen LogP contribution in [-0.2, 0) is 4.74 Å². The molecule has 0 amide bonds. The van der Waals surface area contributed by atoms with E-state index in [1.807, 2.05) is 6.08 Å². The molecule has 0 heterocycles. The molecule has 0 bridgehead atoms. The maximum absolute atomic E-state index is 6.08. The Hall–Kier alpha value is -0.340. The summed E-state index contributed by atoms with van der Waals surface area (Å²) in [6.45, 7) is 10.1. The molecule has 1 rings (SSSR count). The van der Waals surface area contributed by atoms with Gasteiger partial charge in [-0.05, 0) is 45.1 Å². The molecule has 1 N–H and O–H groups in total. The highest BCUT2D eigenvalue weighted by atomic mass is 16.5. The fraction of sp³-hybridized carbons (Fsp3) is 0.875. The van der Waals surface area contributed by atoms with Crippen LogP contribution in [0.1, 0.15) is 58.8 Å². The Morgan fingerprint density at radius 3 is 2.56 bits per heavy atom. The predicted octanol–water partition coefficient (Wildman–Crippen LogP) is 3.92. The van der Waals surface area contributed by atoms with E-state index in [9.17, 15) is 0 Å². The molecule has 0 aromatic carbocycles. The molecule has 0 aliphatic heterocycles. The van der Waals surface area contributed by atoms with E-state index in [-0.39, 0.29) is 0 Å². The summed E-state index contributed by atoms with van der Waals surface area (Å²) in [5, 5.41) is 3.66. The molecule has 0 aromatic heterocycles. The van der Waals surface area contributed by atoms with Crippen molar-refractivity contribution in [2.24, 2.45) is 5.92 Å². The van der Waals surface area contributed by atoms with Gasteiger partial charge in [-0.3, -0.25) is 0 Å². The molecule has 0 radical (unpaired) electrons. The molecule has 1 saturated carbocycles. The van der Waals surface area contributed by atoms with Gasteiger partial charge in [0, 0.05) is 12.6 Å². The lowest BCUT2D eigenvalue weighted by Crippen LogP contribution is -2.46. The van der Waals surface area contributed by atoms with Gasteiger partial charge in [0.2, 0.25) is 0 Å². The highest BCUT2D eigenvalue weighted by Crippen LogP contribution is 2.30. The maximum Gasteiger partial charge on any atom is 0.0758 e. The molecule has 0 aromatic rings. The third-order valence-corrected chi connectivity index (χ3v) is 3.95. The van der Waals surface area contributed by atoms with Gasteiger partial charge in [-0.25, -0.2) is 0 Å². The van der Waals surface area contributed by atoms with Gasteiger partial charge in [0.05, 0.1) is 6.10 Å². The normalized spacial score (nSPS) is 20.6. The minimum absolute atomic E-state index is 0.375. The highest BCUT2D eigenvalue weighted by Gasteiger charge is 2.30. The van der Waals surface area contributed by atoms with Crippen LogP contribution < -0.4 is 5.32 Å². The Labute approximate surface area is 113 Å². The van der Waals surface area contributed by atoms with E-state index in [0.29, 0.717) is 12.1 Å². The molecule has 1 aliphatic carbocycles. The Bertz CT molecular complexity index is 211. The van der Waals surface area contributed by atoms with Crippen LogP contribution in [0.4, 0.5) is 0 Å². The van der Waals surface area contributed by atoms with E-state index in [1.165, 1.54) is 38.5 Å². The number of hydrogen-bond acceptors (Lipinski definition) is 2. The van der Waals surface area contributed by atoms with Crippen molar-refractivity contribution < 1.29 is 4.74 Å². The average molecular weight is 253 g/mol. The molecule has 0 spiro atoms. The van der Waals surface area contributed by atoms with Crippen molar-refractivity contribution in [3.8, 4) is 0 Å². The summed E-state index contributed by atoms with van der Waals surface area (Å²) in [7, 11) is 0. The monoisotopic (exact) mass is 253 g/mol. The van der Waals surface area contributed by atoms with Crippen molar-refractivity contribution in [3.05, 3.63) is 12.7 Å². The van der Waals surface area contributed by atoms with Gasteiger partial charge in [-0.1, -0.05) is 32.3 Å². The van der Waals surface area contributed by atoms with Gasteiger partial charge < -0.3 is 10.1 Å². The summed E-state index contributed by atoms with van der Waals surface area (Å²) in [5.41, 5.74) is 0. The Morgan fingerprint density at radius 2 is 2.00 bits per heavy atom. The van der Waals surface area contributed by atoms with Crippen molar-refractivity contribution in [1.82, 2.24) is 5.32 Å². The van der Waals surface area contributed by atoms with Crippen LogP contribution in [0.3, 0.4) is 0 Å². The van der Waals surface area contributed by atoms with E-state index >= 15 is 0 Å². The zero-order valence-electron chi connectivity index (χ0n) is 12.3. The molecule has 18 heavy (non-hydrogen) atoms. The first-order chi connectivity index (χ1) is 8.83. The highest BCUT2D eigenvalue weighted by molar-refractivity contribution is 4.89. The van der Waals surface area contributed by atoms with Crippen LogP contribution >= 0.6 is 0 Å². The maximum atomic E-state index is 6.08. The number of hydrogen-bond donors (Lipinski definition) is 1. The van der Waals surface area contributed by atoms with E-state index in [1.54, 1.807) is 0 Å². The molecule has 0 saturated heterocycles. The molecule has 2 heteroatoms. The van der Waals surface area contributed by atoms with Crippen molar-refractivity contribution in [1.29, 1.82) is 0 Å². The average Bonchev–Trinajstić information content (AvgIpc) is 2.42. The van der Waals surface area contributed by atoms with Crippen LogP contribution in [0.25, 0.3) is 0 Å². The van der Waals surface area contributed by atoms with Crippen LogP contribution in [-0.4, -0.2) is 25.3 Å². The first kappa shape index (κ1) is 15.7. The summed E-state index contributed by atoms with van der Waals surface area (Å²) in [5.74, 6) is 0.744. The van der Waals surface area contributed by atoms with Gasteiger partial charge in [0.1, 0.15) is 0 Å². The van der Waals surface area contributed by atoms with Gasteiger partial charge in [0.25, 0.3) is 0 Å².